The van der Waals surface area contributed by atoms with Crippen molar-refractivity contribution in [2.24, 2.45) is 0 Å². The van der Waals surface area contributed by atoms with E-state index in [1.54, 1.807) is 0 Å². The summed E-state index contributed by atoms with van der Waals surface area (Å²) in [5.41, 5.74) is 0.471. The number of nitrogens with zero attached hydrogens (tertiary/aromatic N) is 2. The van der Waals surface area contributed by atoms with Crippen LogP contribution in [0, 0.1) is 0 Å². The van der Waals surface area contributed by atoms with E-state index >= 15 is 0 Å². The van der Waals surface area contributed by atoms with Crippen LogP contribution in [0.15, 0.2) is 12.4 Å². The molecule has 3 N–H and O–H groups in total. The molecule has 7 nitrogen and oxygen atoms in total. The number of carboxylic acid groups (broad SMARTS) is 1. The average Bonchev–Trinajstić information content (AvgIpc) is 2.75. The molecule has 0 saturated heterocycles. The van der Waals surface area contributed by atoms with E-state index in [9.17, 15) is 9.59 Å². The molecule has 0 aliphatic carbocycles. The number of anilines is 1. The lowest BCUT2D eigenvalue weighted by molar-refractivity contribution is -0.137. The van der Waals surface area contributed by atoms with Gasteiger partial charge >= 0.3 is 12.0 Å². The van der Waals surface area contributed by atoms with E-state index in [-0.39, 0.29) is 18.6 Å². The first-order valence-corrected chi connectivity index (χ1v) is 7.56. The minimum Gasteiger partial charge on any atom is -0.480 e. The molecule has 1 rings (SSSR count). The summed E-state index contributed by atoms with van der Waals surface area (Å²) < 4.78 is 1.25. The van der Waals surface area contributed by atoms with E-state index < -0.39 is 5.97 Å². The Labute approximate surface area is 122 Å². The van der Waals surface area contributed by atoms with Gasteiger partial charge in [0, 0.05) is 12.2 Å². The van der Waals surface area contributed by atoms with Crippen LogP contribution in [0.4, 0.5) is 10.5 Å². The quantitative estimate of drug-likeness (QED) is 0.634. The maximum absolute atomic E-state index is 11.7. The van der Waals surface area contributed by atoms with E-state index in [1.165, 1.54) is 17.1 Å². The third kappa shape index (κ3) is 6.46. The lowest BCUT2D eigenvalue weighted by Gasteiger charge is -2.13. The normalized spacial score (nSPS) is 11.9. The lowest BCUT2D eigenvalue weighted by atomic mass is 10.3. The Hall–Kier alpha value is -1.70. The second kappa shape index (κ2) is 8.47. The van der Waals surface area contributed by atoms with E-state index in [1.807, 2.05) is 18.7 Å². The van der Waals surface area contributed by atoms with Gasteiger partial charge in [-0.15, -0.1) is 0 Å². The molecule has 20 heavy (non-hydrogen) atoms. The van der Waals surface area contributed by atoms with E-state index in [4.69, 9.17) is 5.11 Å². The number of aliphatic carboxylic acids is 1. The van der Waals surface area contributed by atoms with Gasteiger partial charge in [0.05, 0.1) is 11.9 Å². The largest absolute Gasteiger partial charge is 0.480 e. The highest BCUT2D eigenvalue weighted by Gasteiger charge is 2.09. The van der Waals surface area contributed by atoms with Crippen molar-refractivity contribution in [1.82, 2.24) is 15.1 Å². The Morgan fingerprint density at radius 3 is 2.95 bits per heavy atom. The summed E-state index contributed by atoms with van der Waals surface area (Å²) in [5, 5.41) is 17.9. The summed E-state index contributed by atoms with van der Waals surface area (Å²) in [5.74, 6) is 1.10. The van der Waals surface area contributed by atoms with Gasteiger partial charge in [0.25, 0.3) is 0 Å². The molecule has 0 radical (unpaired) electrons. The number of hydrogen-bond acceptors (Lipinski definition) is 4. The molecule has 0 aliphatic rings. The zero-order chi connectivity index (χ0) is 15.0. The molecule has 0 aliphatic heterocycles. The van der Waals surface area contributed by atoms with Crippen molar-refractivity contribution in [2.75, 3.05) is 16.8 Å². The number of thioether (sulfide) groups is 1. The zero-order valence-electron chi connectivity index (χ0n) is 11.6. The second-order valence-electron chi connectivity index (χ2n) is 4.31. The van der Waals surface area contributed by atoms with Crippen molar-refractivity contribution in [3.05, 3.63) is 12.4 Å². The molecule has 0 aromatic carbocycles. The molecule has 8 heteroatoms. The predicted octanol–water partition coefficient (Wildman–Crippen LogP) is 1.62. The highest BCUT2D eigenvalue weighted by Crippen LogP contribution is 2.06. The van der Waals surface area contributed by atoms with Crippen LogP contribution in [-0.2, 0) is 11.3 Å². The summed E-state index contributed by atoms with van der Waals surface area (Å²) in [4.78, 5) is 22.2. The van der Waals surface area contributed by atoms with Crippen LogP contribution >= 0.6 is 11.8 Å². The molecule has 0 saturated carbocycles. The molecule has 2 amide bonds. The molecule has 1 unspecified atom stereocenters. The summed E-state index contributed by atoms with van der Waals surface area (Å²) in [6.45, 7) is 3.82. The molecule has 0 fully saturated rings. The SMILES string of the molecule is CCSCCC(C)NC(=O)Nc1cnn(CC(=O)O)c1. The van der Waals surface area contributed by atoms with Gasteiger partial charge in [0.2, 0.25) is 0 Å². The summed E-state index contributed by atoms with van der Waals surface area (Å²) in [6, 6.07) is -0.225. The maximum Gasteiger partial charge on any atom is 0.325 e. The fraction of sp³-hybridized carbons (Fsp3) is 0.583. The Morgan fingerprint density at radius 1 is 1.55 bits per heavy atom. The Balaban J connectivity index is 2.34. The van der Waals surface area contributed by atoms with Crippen LogP contribution in [0.1, 0.15) is 20.3 Å². The van der Waals surface area contributed by atoms with Crippen LogP contribution in [0.25, 0.3) is 0 Å². The fourth-order valence-corrected chi connectivity index (χ4v) is 2.33. The first-order chi connectivity index (χ1) is 9.51. The molecule has 1 atom stereocenters. The van der Waals surface area contributed by atoms with Gasteiger partial charge in [0.1, 0.15) is 6.54 Å². The number of carbonyl (C=O) groups excluding carboxylic acids is 1. The summed E-state index contributed by atoms with van der Waals surface area (Å²) in [6.07, 6.45) is 3.80. The van der Waals surface area contributed by atoms with Gasteiger partial charge in [-0.2, -0.15) is 16.9 Å². The van der Waals surface area contributed by atoms with E-state index in [0.29, 0.717) is 5.69 Å². The molecule has 112 valence electrons. The summed E-state index contributed by atoms with van der Waals surface area (Å²) in [7, 11) is 0. The van der Waals surface area contributed by atoms with Crippen LogP contribution in [0.5, 0.6) is 0 Å². The van der Waals surface area contributed by atoms with E-state index in [2.05, 4.69) is 22.7 Å². The molecular weight excluding hydrogens is 280 g/mol. The average molecular weight is 300 g/mol. The van der Waals surface area contributed by atoms with Crippen molar-refractivity contribution in [3.8, 4) is 0 Å². The van der Waals surface area contributed by atoms with Gasteiger partial charge < -0.3 is 15.7 Å². The van der Waals surface area contributed by atoms with Crippen molar-refractivity contribution in [2.45, 2.75) is 32.9 Å². The van der Waals surface area contributed by atoms with Crippen LogP contribution in [-0.4, -0.2) is 44.4 Å². The van der Waals surface area contributed by atoms with Crippen LogP contribution in [0.3, 0.4) is 0 Å². The number of carbonyl (C=O) groups is 2. The van der Waals surface area contributed by atoms with Gasteiger partial charge in [0.15, 0.2) is 0 Å². The van der Waals surface area contributed by atoms with Crippen molar-refractivity contribution in [1.29, 1.82) is 0 Å². The molecule has 1 aromatic heterocycles. The Morgan fingerprint density at radius 2 is 2.30 bits per heavy atom. The van der Waals surface area contributed by atoms with Crippen LogP contribution in [0.2, 0.25) is 0 Å². The highest BCUT2D eigenvalue weighted by molar-refractivity contribution is 7.99. The number of rotatable bonds is 8. The lowest BCUT2D eigenvalue weighted by Crippen LogP contribution is -2.36. The van der Waals surface area contributed by atoms with Crippen molar-refractivity contribution >= 4 is 29.4 Å². The summed E-state index contributed by atoms with van der Waals surface area (Å²) >= 11 is 1.84. The van der Waals surface area contributed by atoms with Gasteiger partial charge in [-0.05, 0) is 24.9 Å². The van der Waals surface area contributed by atoms with Gasteiger partial charge in [-0.25, -0.2) is 4.79 Å². The molecule has 1 aromatic rings. The van der Waals surface area contributed by atoms with Crippen molar-refractivity contribution < 1.29 is 14.7 Å². The minimum atomic E-state index is -0.980. The predicted molar refractivity (Wildman–Crippen MR) is 79.1 cm³/mol. The molecule has 1 heterocycles. The first kappa shape index (κ1) is 16.4. The van der Waals surface area contributed by atoms with Gasteiger partial charge in [-0.3, -0.25) is 9.48 Å². The number of urea groups is 1. The zero-order valence-corrected chi connectivity index (χ0v) is 12.4. The smallest absolute Gasteiger partial charge is 0.325 e. The number of amides is 2. The third-order valence-corrected chi connectivity index (χ3v) is 3.40. The standard InChI is InChI=1S/C12H20N4O3S/c1-3-20-5-4-9(2)14-12(19)15-10-6-13-16(7-10)8-11(17)18/h6-7,9H,3-5,8H2,1-2H3,(H,17,18)(H2,14,15,19). The Bertz CT molecular complexity index is 450. The molecular formula is C12H20N4O3S. The fourth-order valence-electron chi connectivity index (χ4n) is 1.52. The van der Waals surface area contributed by atoms with Crippen molar-refractivity contribution in [3.63, 3.8) is 0 Å². The highest BCUT2D eigenvalue weighted by atomic mass is 32.2. The third-order valence-electron chi connectivity index (χ3n) is 2.47. The van der Waals surface area contributed by atoms with Gasteiger partial charge in [-0.1, -0.05) is 6.92 Å². The Kier molecular flexibility index (Phi) is 6.92. The topological polar surface area (TPSA) is 96.3 Å². The second-order valence-corrected chi connectivity index (χ2v) is 5.70. The number of aromatic nitrogens is 2. The number of carboxylic acids is 1. The number of hydrogen-bond donors (Lipinski definition) is 3. The first-order valence-electron chi connectivity index (χ1n) is 6.40. The van der Waals surface area contributed by atoms with Crippen LogP contribution < -0.4 is 10.6 Å². The molecule has 0 bridgehead atoms. The molecule has 0 spiro atoms. The maximum atomic E-state index is 11.7. The minimum absolute atomic E-state index is 0.0862. The van der Waals surface area contributed by atoms with E-state index in [0.717, 1.165) is 17.9 Å². The monoisotopic (exact) mass is 300 g/mol. The number of nitrogens with one attached hydrogen (secondary N) is 2.